The number of nitrogens with zero attached hydrogens (tertiary/aromatic N) is 2. The van der Waals surface area contributed by atoms with Crippen LogP contribution in [-0.4, -0.2) is 19.7 Å². The predicted molar refractivity (Wildman–Crippen MR) is 46.5 cm³/mol. The molecule has 0 bridgehead atoms. The van der Waals surface area contributed by atoms with Crippen molar-refractivity contribution in [1.82, 2.24) is 4.98 Å². The standard InChI is InChI=1S/C7H7N3O2S/c1-13(11,12)6-3-2-5(4-8)10-7(6)9/h2-3H,1H3,(H2,9,10). The highest BCUT2D eigenvalue weighted by Crippen LogP contribution is 2.15. The molecule has 1 heterocycles. The van der Waals surface area contributed by atoms with E-state index in [0.29, 0.717) is 0 Å². The van der Waals surface area contributed by atoms with E-state index in [1.54, 1.807) is 6.07 Å². The van der Waals surface area contributed by atoms with E-state index in [1.807, 2.05) is 0 Å². The maximum atomic E-state index is 11.1. The fraction of sp³-hybridized carbons (Fsp3) is 0.143. The number of nitrogen functional groups attached to an aromatic ring is 1. The minimum Gasteiger partial charge on any atom is -0.383 e. The largest absolute Gasteiger partial charge is 0.383 e. The first-order valence-corrected chi connectivity index (χ1v) is 5.21. The first kappa shape index (κ1) is 9.48. The molecule has 1 aromatic heterocycles. The summed E-state index contributed by atoms with van der Waals surface area (Å²) in [5, 5.41) is 8.44. The van der Waals surface area contributed by atoms with Crippen molar-refractivity contribution < 1.29 is 8.42 Å². The Kier molecular flexibility index (Phi) is 2.21. The fourth-order valence-electron chi connectivity index (χ4n) is 0.838. The predicted octanol–water partition coefficient (Wildman–Crippen LogP) is -0.0610. The summed E-state index contributed by atoms with van der Waals surface area (Å²) in [6.45, 7) is 0. The van der Waals surface area contributed by atoms with Gasteiger partial charge < -0.3 is 5.73 Å². The van der Waals surface area contributed by atoms with E-state index in [-0.39, 0.29) is 16.4 Å². The van der Waals surface area contributed by atoms with Crippen LogP contribution in [0, 0.1) is 11.3 Å². The van der Waals surface area contributed by atoms with Gasteiger partial charge in [-0.1, -0.05) is 0 Å². The van der Waals surface area contributed by atoms with Gasteiger partial charge in [0.25, 0.3) is 0 Å². The van der Waals surface area contributed by atoms with Crippen molar-refractivity contribution in [1.29, 1.82) is 5.26 Å². The number of anilines is 1. The molecule has 0 saturated carbocycles. The lowest BCUT2D eigenvalue weighted by molar-refractivity contribution is 0.602. The summed E-state index contributed by atoms with van der Waals surface area (Å²) >= 11 is 0. The zero-order valence-electron chi connectivity index (χ0n) is 6.85. The Morgan fingerprint density at radius 1 is 1.54 bits per heavy atom. The van der Waals surface area contributed by atoms with E-state index < -0.39 is 9.84 Å². The normalized spacial score (nSPS) is 10.8. The van der Waals surface area contributed by atoms with Gasteiger partial charge in [-0.15, -0.1) is 0 Å². The maximum absolute atomic E-state index is 11.1. The van der Waals surface area contributed by atoms with E-state index in [4.69, 9.17) is 11.0 Å². The van der Waals surface area contributed by atoms with E-state index in [0.717, 1.165) is 6.26 Å². The minimum absolute atomic E-state index is 0.0495. The van der Waals surface area contributed by atoms with Crippen LogP contribution in [0.3, 0.4) is 0 Å². The smallest absolute Gasteiger partial charge is 0.179 e. The highest BCUT2D eigenvalue weighted by molar-refractivity contribution is 7.90. The van der Waals surface area contributed by atoms with Gasteiger partial charge in [-0.3, -0.25) is 0 Å². The molecule has 0 radical (unpaired) electrons. The van der Waals surface area contributed by atoms with E-state index in [2.05, 4.69) is 4.98 Å². The van der Waals surface area contributed by atoms with Gasteiger partial charge in [-0.2, -0.15) is 5.26 Å². The first-order valence-electron chi connectivity index (χ1n) is 3.32. The summed E-state index contributed by atoms with van der Waals surface area (Å²) in [5.74, 6) is -0.137. The Hall–Kier alpha value is -1.61. The number of nitrogens with two attached hydrogens (primary N) is 1. The number of nitriles is 1. The van der Waals surface area contributed by atoms with Crippen LogP contribution < -0.4 is 5.73 Å². The monoisotopic (exact) mass is 197 g/mol. The van der Waals surface area contributed by atoms with Gasteiger partial charge in [-0.05, 0) is 12.1 Å². The van der Waals surface area contributed by atoms with Gasteiger partial charge in [0.15, 0.2) is 9.84 Å². The second-order valence-electron chi connectivity index (χ2n) is 2.46. The zero-order valence-corrected chi connectivity index (χ0v) is 7.67. The minimum atomic E-state index is -3.36. The Bertz CT molecular complexity index is 473. The molecule has 0 unspecified atom stereocenters. The summed E-state index contributed by atoms with van der Waals surface area (Å²) in [6, 6.07) is 4.35. The van der Waals surface area contributed by atoms with Crippen LogP contribution in [0.1, 0.15) is 5.69 Å². The summed E-state index contributed by atoms with van der Waals surface area (Å²) in [5.41, 5.74) is 5.44. The average Bonchev–Trinajstić information content (AvgIpc) is 2.01. The Balaban J connectivity index is 3.40. The average molecular weight is 197 g/mol. The fourth-order valence-corrected chi connectivity index (χ4v) is 1.58. The maximum Gasteiger partial charge on any atom is 0.179 e. The van der Waals surface area contributed by atoms with Gasteiger partial charge in [0, 0.05) is 6.26 Å². The molecule has 1 rings (SSSR count). The number of hydrogen-bond donors (Lipinski definition) is 1. The quantitative estimate of drug-likeness (QED) is 0.680. The van der Waals surface area contributed by atoms with Gasteiger partial charge in [0.2, 0.25) is 0 Å². The van der Waals surface area contributed by atoms with Gasteiger partial charge in [0.05, 0.1) is 0 Å². The third-order valence-electron chi connectivity index (χ3n) is 1.40. The van der Waals surface area contributed by atoms with Crippen molar-refractivity contribution in [3.05, 3.63) is 17.8 Å². The number of hydrogen-bond acceptors (Lipinski definition) is 5. The molecule has 0 amide bonds. The molecule has 0 aliphatic rings. The lowest BCUT2D eigenvalue weighted by Gasteiger charge is -2.00. The molecule has 0 aliphatic carbocycles. The molecule has 2 N–H and O–H groups in total. The zero-order chi connectivity index (χ0) is 10.1. The van der Waals surface area contributed by atoms with Crippen LogP contribution in [0.2, 0.25) is 0 Å². The Labute approximate surface area is 75.7 Å². The van der Waals surface area contributed by atoms with Gasteiger partial charge >= 0.3 is 0 Å². The molecule has 1 aromatic rings. The number of rotatable bonds is 1. The first-order chi connectivity index (χ1) is 5.95. The SMILES string of the molecule is CS(=O)(=O)c1ccc(C#N)nc1N. The van der Waals surface area contributed by atoms with Crippen molar-refractivity contribution in [3.63, 3.8) is 0 Å². The van der Waals surface area contributed by atoms with Crippen LogP contribution in [0.5, 0.6) is 0 Å². The lowest BCUT2D eigenvalue weighted by atomic mass is 10.4. The molecule has 0 atom stereocenters. The molecule has 0 aromatic carbocycles. The Morgan fingerprint density at radius 3 is 2.54 bits per heavy atom. The molecular weight excluding hydrogens is 190 g/mol. The Morgan fingerprint density at radius 2 is 2.15 bits per heavy atom. The molecule has 13 heavy (non-hydrogen) atoms. The topological polar surface area (TPSA) is 96.8 Å². The molecule has 0 saturated heterocycles. The van der Waals surface area contributed by atoms with Crippen LogP contribution in [-0.2, 0) is 9.84 Å². The van der Waals surface area contributed by atoms with Crippen LogP contribution in [0.25, 0.3) is 0 Å². The highest BCUT2D eigenvalue weighted by Gasteiger charge is 2.12. The molecule has 0 spiro atoms. The second-order valence-corrected chi connectivity index (χ2v) is 4.45. The molecular formula is C7H7N3O2S. The summed E-state index contributed by atoms with van der Waals surface area (Å²) in [7, 11) is -3.36. The van der Waals surface area contributed by atoms with E-state index in [1.165, 1.54) is 12.1 Å². The molecule has 0 fully saturated rings. The van der Waals surface area contributed by atoms with E-state index in [9.17, 15) is 8.42 Å². The van der Waals surface area contributed by atoms with Crippen molar-refractivity contribution >= 4 is 15.7 Å². The third-order valence-corrected chi connectivity index (χ3v) is 2.54. The molecule has 5 nitrogen and oxygen atoms in total. The van der Waals surface area contributed by atoms with Crippen molar-refractivity contribution in [3.8, 4) is 6.07 Å². The second kappa shape index (κ2) is 3.03. The van der Waals surface area contributed by atoms with Crippen LogP contribution in [0.15, 0.2) is 17.0 Å². The van der Waals surface area contributed by atoms with E-state index >= 15 is 0 Å². The third kappa shape index (κ3) is 1.95. The molecule has 6 heteroatoms. The summed E-state index contributed by atoms with van der Waals surface area (Å²) in [6.07, 6.45) is 1.03. The van der Waals surface area contributed by atoms with Crippen LogP contribution >= 0.6 is 0 Å². The van der Waals surface area contributed by atoms with Crippen molar-refractivity contribution in [2.75, 3.05) is 12.0 Å². The van der Waals surface area contributed by atoms with Crippen LogP contribution in [0.4, 0.5) is 5.82 Å². The van der Waals surface area contributed by atoms with Gasteiger partial charge in [0.1, 0.15) is 22.5 Å². The summed E-state index contributed by atoms with van der Waals surface area (Å²) in [4.78, 5) is 3.55. The molecule has 68 valence electrons. The number of sulfone groups is 1. The number of pyridine rings is 1. The number of aromatic nitrogens is 1. The summed E-state index contributed by atoms with van der Waals surface area (Å²) < 4.78 is 22.1. The van der Waals surface area contributed by atoms with Gasteiger partial charge in [-0.25, -0.2) is 13.4 Å². The van der Waals surface area contributed by atoms with Crippen molar-refractivity contribution in [2.24, 2.45) is 0 Å². The lowest BCUT2D eigenvalue weighted by Crippen LogP contribution is -2.04. The molecule has 0 aliphatic heterocycles. The van der Waals surface area contributed by atoms with Crippen molar-refractivity contribution in [2.45, 2.75) is 4.90 Å². The highest BCUT2D eigenvalue weighted by atomic mass is 32.2.